The van der Waals surface area contributed by atoms with Crippen molar-refractivity contribution in [2.75, 3.05) is 13.2 Å². The largest absolute Gasteiger partial charge is 0.486 e. The zero-order chi connectivity index (χ0) is 16.4. The zero-order valence-electron chi connectivity index (χ0n) is 12.1. The van der Waals surface area contributed by atoms with Gasteiger partial charge in [0.2, 0.25) is 0 Å². The van der Waals surface area contributed by atoms with Gasteiger partial charge in [-0.1, -0.05) is 35.3 Å². The molecule has 2 aromatic carbocycles. The van der Waals surface area contributed by atoms with Crippen LogP contribution in [0, 0.1) is 0 Å². The van der Waals surface area contributed by atoms with Crippen molar-refractivity contribution in [3.8, 4) is 11.5 Å². The van der Waals surface area contributed by atoms with Crippen LogP contribution in [0.5, 0.6) is 11.5 Å². The predicted octanol–water partition coefficient (Wildman–Crippen LogP) is 3.88. The van der Waals surface area contributed by atoms with Gasteiger partial charge in [-0.2, -0.15) is 0 Å². The fourth-order valence-corrected chi connectivity index (χ4v) is 4.40. The first kappa shape index (κ1) is 16.4. The topological polar surface area (TPSA) is 52.6 Å². The van der Waals surface area contributed by atoms with Crippen molar-refractivity contribution in [2.45, 2.75) is 11.5 Å². The lowest BCUT2D eigenvalue weighted by Gasteiger charge is -2.20. The molecule has 0 saturated carbocycles. The first-order valence-corrected chi connectivity index (χ1v) is 9.53. The Morgan fingerprint density at radius 3 is 2.48 bits per heavy atom. The average molecular weight is 373 g/mol. The van der Waals surface area contributed by atoms with E-state index in [1.54, 1.807) is 36.4 Å². The van der Waals surface area contributed by atoms with Crippen molar-refractivity contribution < 1.29 is 17.9 Å². The summed E-state index contributed by atoms with van der Waals surface area (Å²) in [6.07, 6.45) is 0. The summed E-state index contributed by atoms with van der Waals surface area (Å²) in [5.74, 6) is 0.737. The van der Waals surface area contributed by atoms with Crippen molar-refractivity contribution in [1.82, 2.24) is 0 Å². The van der Waals surface area contributed by atoms with Crippen LogP contribution in [-0.2, 0) is 21.3 Å². The summed E-state index contributed by atoms with van der Waals surface area (Å²) >= 11 is 12.0. The summed E-state index contributed by atoms with van der Waals surface area (Å²) in [5.41, 5.74) is 1.22. The lowest BCUT2D eigenvalue weighted by molar-refractivity contribution is 0.171. The Labute approximate surface area is 144 Å². The van der Waals surface area contributed by atoms with Gasteiger partial charge in [-0.05, 0) is 35.4 Å². The van der Waals surface area contributed by atoms with E-state index < -0.39 is 9.84 Å². The van der Waals surface area contributed by atoms with Gasteiger partial charge in [-0.25, -0.2) is 8.42 Å². The number of hydrogen-bond acceptors (Lipinski definition) is 4. The van der Waals surface area contributed by atoms with Crippen LogP contribution in [0.4, 0.5) is 0 Å². The van der Waals surface area contributed by atoms with E-state index in [1.165, 1.54) is 0 Å². The third-order valence-electron chi connectivity index (χ3n) is 3.32. The quantitative estimate of drug-likeness (QED) is 0.816. The minimum Gasteiger partial charge on any atom is -0.486 e. The number of halogens is 2. The molecular weight excluding hydrogens is 359 g/mol. The molecule has 0 fully saturated rings. The van der Waals surface area contributed by atoms with Gasteiger partial charge in [0.05, 0.1) is 16.5 Å². The van der Waals surface area contributed by atoms with E-state index >= 15 is 0 Å². The Morgan fingerprint density at radius 1 is 0.957 bits per heavy atom. The second-order valence-corrected chi connectivity index (χ2v) is 8.17. The Hall–Kier alpha value is -1.43. The summed E-state index contributed by atoms with van der Waals surface area (Å²) in [7, 11) is -3.36. The van der Waals surface area contributed by atoms with Crippen LogP contribution in [0.25, 0.3) is 0 Å². The molecule has 1 aliphatic heterocycles. The highest BCUT2D eigenvalue weighted by molar-refractivity contribution is 7.89. The van der Waals surface area contributed by atoms with Crippen LogP contribution in [0.1, 0.15) is 11.1 Å². The molecule has 0 N–H and O–H groups in total. The Morgan fingerprint density at radius 2 is 1.70 bits per heavy atom. The number of fused-ring (bicyclic) bond motifs is 1. The average Bonchev–Trinajstić information content (AvgIpc) is 2.46. The van der Waals surface area contributed by atoms with E-state index in [0.29, 0.717) is 45.9 Å². The molecule has 23 heavy (non-hydrogen) atoms. The van der Waals surface area contributed by atoms with Crippen molar-refractivity contribution in [3.63, 3.8) is 0 Å². The van der Waals surface area contributed by atoms with Gasteiger partial charge in [0.1, 0.15) is 13.2 Å². The van der Waals surface area contributed by atoms with E-state index in [-0.39, 0.29) is 11.5 Å². The molecule has 0 aromatic heterocycles. The predicted molar refractivity (Wildman–Crippen MR) is 90.2 cm³/mol. The smallest absolute Gasteiger partial charge is 0.179 e. The molecule has 0 unspecified atom stereocenters. The summed E-state index contributed by atoms with van der Waals surface area (Å²) < 4.78 is 35.7. The lowest BCUT2D eigenvalue weighted by Crippen LogP contribution is -2.16. The third-order valence-corrected chi connectivity index (χ3v) is 5.38. The first-order chi connectivity index (χ1) is 10.9. The van der Waals surface area contributed by atoms with Gasteiger partial charge in [0.15, 0.2) is 21.3 Å². The maximum absolute atomic E-state index is 12.4. The molecule has 0 amide bonds. The summed E-state index contributed by atoms with van der Waals surface area (Å²) in [4.78, 5) is 0. The SMILES string of the molecule is O=S(=O)(Cc1cccc(Cl)c1)Cc1cc(Cl)c2c(c1)OCCO2. The number of hydrogen-bond donors (Lipinski definition) is 0. The van der Waals surface area contributed by atoms with Crippen LogP contribution in [0.15, 0.2) is 36.4 Å². The summed E-state index contributed by atoms with van der Waals surface area (Å²) in [5, 5.41) is 0.871. The van der Waals surface area contributed by atoms with E-state index in [1.807, 2.05) is 0 Å². The highest BCUT2D eigenvalue weighted by Gasteiger charge is 2.20. The molecule has 122 valence electrons. The van der Waals surface area contributed by atoms with Crippen LogP contribution in [0.2, 0.25) is 10.0 Å². The van der Waals surface area contributed by atoms with Gasteiger partial charge < -0.3 is 9.47 Å². The van der Waals surface area contributed by atoms with Gasteiger partial charge >= 0.3 is 0 Å². The molecule has 2 aromatic rings. The van der Waals surface area contributed by atoms with Gasteiger partial charge in [0, 0.05) is 5.02 Å². The molecule has 1 heterocycles. The minimum atomic E-state index is -3.36. The number of benzene rings is 2. The van der Waals surface area contributed by atoms with E-state index in [9.17, 15) is 8.42 Å². The van der Waals surface area contributed by atoms with Crippen LogP contribution in [-0.4, -0.2) is 21.6 Å². The van der Waals surface area contributed by atoms with Crippen LogP contribution >= 0.6 is 23.2 Å². The molecule has 0 bridgehead atoms. The highest BCUT2D eigenvalue weighted by atomic mass is 35.5. The molecule has 0 saturated heterocycles. The number of ether oxygens (including phenoxy) is 2. The van der Waals surface area contributed by atoms with Gasteiger partial charge in [-0.15, -0.1) is 0 Å². The first-order valence-electron chi connectivity index (χ1n) is 6.96. The van der Waals surface area contributed by atoms with Crippen molar-refractivity contribution in [2.24, 2.45) is 0 Å². The molecule has 4 nitrogen and oxygen atoms in total. The normalized spacial score (nSPS) is 13.8. The monoisotopic (exact) mass is 372 g/mol. The Kier molecular flexibility index (Phi) is 4.71. The highest BCUT2D eigenvalue weighted by Crippen LogP contribution is 2.38. The standard InChI is InChI=1S/C16H14Cl2O4S/c17-13-3-1-2-11(6-13)9-23(19,20)10-12-7-14(18)16-15(8-12)21-4-5-22-16/h1-3,6-8H,4-5,9-10H2. The molecular formula is C16H14Cl2O4S. The molecule has 1 aliphatic rings. The molecule has 0 aliphatic carbocycles. The molecule has 7 heteroatoms. The third kappa shape index (κ3) is 4.10. The van der Waals surface area contributed by atoms with Crippen LogP contribution < -0.4 is 9.47 Å². The minimum absolute atomic E-state index is 0.0837. The second-order valence-electron chi connectivity index (χ2n) is 5.26. The molecule has 3 rings (SSSR count). The van der Waals surface area contributed by atoms with Crippen LogP contribution in [0.3, 0.4) is 0 Å². The summed E-state index contributed by atoms with van der Waals surface area (Å²) in [6.45, 7) is 0.848. The lowest BCUT2D eigenvalue weighted by atomic mass is 10.2. The maximum atomic E-state index is 12.4. The fourth-order valence-electron chi connectivity index (χ4n) is 2.43. The van der Waals surface area contributed by atoms with Gasteiger partial charge in [0.25, 0.3) is 0 Å². The second kappa shape index (κ2) is 6.59. The van der Waals surface area contributed by atoms with Crippen molar-refractivity contribution in [1.29, 1.82) is 0 Å². The molecule has 0 atom stereocenters. The molecule has 0 radical (unpaired) electrons. The zero-order valence-corrected chi connectivity index (χ0v) is 14.4. The Balaban J connectivity index is 1.82. The fraction of sp³-hybridized carbons (Fsp3) is 0.250. The van der Waals surface area contributed by atoms with Crippen molar-refractivity contribution >= 4 is 33.0 Å². The van der Waals surface area contributed by atoms with Gasteiger partial charge in [-0.3, -0.25) is 0 Å². The van der Waals surface area contributed by atoms with E-state index in [0.717, 1.165) is 0 Å². The van der Waals surface area contributed by atoms with Crippen molar-refractivity contribution in [3.05, 3.63) is 57.6 Å². The number of rotatable bonds is 4. The maximum Gasteiger partial charge on any atom is 0.179 e. The van der Waals surface area contributed by atoms with E-state index in [4.69, 9.17) is 32.7 Å². The number of sulfone groups is 1. The Bertz CT molecular complexity index is 834. The summed E-state index contributed by atoms with van der Waals surface area (Å²) in [6, 6.07) is 10.1. The molecule has 0 spiro atoms. The van der Waals surface area contributed by atoms with E-state index in [2.05, 4.69) is 0 Å².